The van der Waals surface area contributed by atoms with Crippen LogP contribution in [-0.2, 0) is 0 Å². The summed E-state index contributed by atoms with van der Waals surface area (Å²) in [5.74, 6) is 1.41. The number of rotatable bonds is 5. The highest BCUT2D eigenvalue weighted by atomic mass is 35.5. The van der Waals surface area contributed by atoms with Crippen molar-refractivity contribution in [3.05, 3.63) is 54.1 Å². The molecule has 0 saturated heterocycles. The van der Waals surface area contributed by atoms with E-state index in [0.717, 1.165) is 18.8 Å². The molecule has 1 atom stereocenters. The van der Waals surface area contributed by atoms with Crippen molar-refractivity contribution < 1.29 is 0 Å². The Balaban J connectivity index is 0.00000162. The molecule has 4 heteroatoms. The third kappa shape index (κ3) is 3.86. The molecule has 3 nitrogen and oxygen atoms in total. The van der Waals surface area contributed by atoms with Gasteiger partial charge in [-0.3, -0.25) is 0 Å². The minimum Gasteiger partial charge on any atom is -0.348 e. The van der Waals surface area contributed by atoms with E-state index in [1.807, 2.05) is 12.4 Å². The molecule has 0 aliphatic heterocycles. The Bertz CT molecular complexity index is 426. The van der Waals surface area contributed by atoms with Gasteiger partial charge in [-0.1, -0.05) is 30.3 Å². The molecule has 0 spiro atoms. The first-order valence-corrected chi connectivity index (χ1v) is 5.96. The van der Waals surface area contributed by atoms with E-state index < -0.39 is 0 Å². The van der Waals surface area contributed by atoms with Gasteiger partial charge in [-0.15, -0.1) is 12.4 Å². The molecular weight excluding hydrogens is 246 g/mol. The molecular formula is C14H20ClN3. The molecule has 1 N–H and O–H groups in total. The zero-order valence-electron chi connectivity index (χ0n) is 10.8. The first-order valence-electron chi connectivity index (χ1n) is 5.96. The summed E-state index contributed by atoms with van der Waals surface area (Å²) < 4.78 is 0. The van der Waals surface area contributed by atoms with Gasteiger partial charge in [-0.25, -0.2) is 4.98 Å². The van der Waals surface area contributed by atoms with Gasteiger partial charge in [0, 0.05) is 18.3 Å². The van der Waals surface area contributed by atoms with Gasteiger partial charge in [-0.2, -0.15) is 0 Å². The number of benzene rings is 1. The van der Waals surface area contributed by atoms with Crippen molar-refractivity contribution in [1.29, 1.82) is 0 Å². The fraction of sp³-hybridized carbons (Fsp3) is 0.357. The molecule has 2 aromatic rings. The van der Waals surface area contributed by atoms with E-state index in [-0.39, 0.29) is 12.4 Å². The summed E-state index contributed by atoms with van der Waals surface area (Å²) in [4.78, 5) is 9.83. The number of aromatic amines is 1. The SMILES string of the molecule is CN(C)CCC(c1ccccc1)c1ncc[nH]1.Cl. The second-order valence-electron chi connectivity index (χ2n) is 4.53. The summed E-state index contributed by atoms with van der Waals surface area (Å²) >= 11 is 0. The van der Waals surface area contributed by atoms with Crippen LogP contribution in [0.2, 0.25) is 0 Å². The Morgan fingerprint density at radius 2 is 1.94 bits per heavy atom. The molecule has 1 aromatic heterocycles. The molecule has 98 valence electrons. The van der Waals surface area contributed by atoms with Crippen LogP contribution in [0.25, 0.3) is 0 Å². The monoisotopic (exact) mass is 265 g/mol. The standard InChI is InChI=1S/C14H19N3.ClH/c1-17(2)11-8-13(14-15-9-10-16-14)12-6-4-3-5-7-12;/h3-7,9-10,13H,8,11H2,1-2H3,(H,15,16);1H. The molecule has 0 amide bonds. The number of aromatic nitrogens is 2. The van der Waals surface area contributed by atoms with E-state index in [9.17, 15) is 0 Å². The van der Waals surface area contributed by atoms with Crippen LogP contribution in [0.4, 0.5) is 0 Å². The Hall–Kier alpha value is -1.32. The molecule has 1 unspecified atom stereocenters. The predicted molar refractivity (Wildman–Crippen MR) is 77.3 cm³/mol. The lowest BCUT2D eigenvalue weighted by Crippen LogP contribution is -2.17. The van der Waals surface area contributed by atoms with Crippen molar-refractivity contribution in [1.82, 2.24) is 14.9 Å². The van der Waals surface area contributed by atoms with E-state index in [4.69, 9.17) is 0 Å². The Labute approximate surface area is 115 Å². The topological polar surface area (TPSA) is 31.9 Å². The number of nitrogens with zero attached hydrogens (tertiary/aromatic N) is 2. The third-order valence-corrected chi connectivity index (χ3v) is 2.92. The van der Waals surface area contributed by atoms with Crippen molar-refractivity contribution in [3.63, 3.8) is 0 Å². The van der Waals surface area contributed by atoms with Gasteiger partial charge < -0.3 is 9.88 Å². The van der Waals surface area contributed by atoms with E-state index in [2.05, 4.69) is 59.3 Å². The van der Waals surface area contributed by atoms with Gasteiger partial charge in [0.05, 0.1) is 0 Å². The largest absolute Gasteiger partial charge is 0.348 e. The Morgan fingerprint density at radius 1 is 1.22 bits per heavy atom. The maximum absolute atomic E-state index is 4.40. The molecule has 18 heavy (non-hydrogen) atoms. The van der Waals surface area contributed by atoms with Gasteiger partial charge in [0.15, 0.2) is 0 Å². The molecule has 0 saturated carbocycles. The van der Waals surface area contributed by atoms with Gasteiger partial charge >= 0.3 is 0 Å². The first-order chi connectivity index (χ1) is 8.27. The van der Waals surface area contributed by atoms with Gasteiger partial charge in [-0.05, 0) is 32.6 Å². The summed E-state index contributed by atoms with van der Waals surface area (Å²) in [6.07, 6.45) is 4.78. The molecule has 0 aliphatic rings. The highest BCUT2D eigenvalue weighted by Gasteiger charge is 2.16. The number of H-pyrrole nitrogens is 1. The van der Waals surface area contributed by atoms with Gasteiger partial charge in [0.25, 0.3) is 0 Å². The maximum atomic E-state index is 4.40. The third-order valence-electron chi connectivity index (χ3n) is 2.92. The molecule has 1 heterocycles. The van der Waals surface area contributed by atoms with Crippen LogP contribution in [0.1, 0.15) is 23.7 Å². The number of hydrogen-bond acceptors (Lipinski definition) is 2. The van der Waals surface area contributed by atoms with Crippen LogP contribution in [0.15, 0.2) is 42.7 Å². The minimum atomic E-state index is 0. The summed E-state index contributed by atoms with van der Waals surface area (Å²) in [5.41, 5.74) is 1.32. The fourth-order valence-electron chi connectivity index (χ4n) is 2.00. The van der Waals surface area contributed by atoms with E-state index in [1.165, 1.54) is 5.56 Å². The number of imidazole rings is 1. The van der Waals surface area contributed by atoms with Crippen LogP contribution in [-0.4, -0.2) is 35.5 Å². The number of nitrogens with one attached hydrogen (secondary N) is 1. The lowest BCUT2D eigenvalue weighted by atomic mass is 9.95. The van der Waals surface area contributed by atoms with Gasteiger partial charge in [0.1, 0.15) is 5.82 Å². The summed E-state index contributed by atoms with van der Waals surface area (Å²) in [6.45, 7) is 1.06. The average molecular weight is 266 g/mol. The number of hydrogen-bond donors (Lipinski definition) is 1. The van der Waals surface area contributed by atoms with Crippen LogP contribution in [0, 0.1) is 0 Å². The lowest BCUT2D eigenvalue weighted by Gasteiger charge is -2.17. The lowest BCUT2D eigenvalue weighted by molar-refractivity contribution is 0.388. The van der Waals surface area contributed by atoms with Gasteiger partial charge in [0.2, 0.25) is 0 Å². The second kappa shape index (κ2) is 7.19. The molecule has 0 bridgehead atoms. The smallest absolute Gasteiger partial charge is 0.113 e. The maximum Gasteiger partial charge on any atom is 0.113 e. The van der Waals surface area contributed by atoms with E-state index in [1.54, 1.807) is 0 Å². The van der Waals surface area contributed by atoms with Crippen molar-refractivity contribution >= 4 is 12.4 Å². The van der Waals surface area contributed by atoms with Crippen LogP contribution in [0.3, 0.4) is 0 Å². The molecule has 0 aliphatic carbocycles. The molecule has 0 radical (unpaired) electrons. The summed E-state index contributed by atoms with van der Waals surface area (Å²) in [5, 5.41) is 0. The Morgan fingerprint density at radius 3 is 2.50 bits per heavy atom. The second-order valence-corrected chi connectivity index (χ2v) is 4.53. The fourth-order valence-corrected chi connectivity index (χ4v) is 2.00. The molecule has 1 aromatic carbocycles. The van der Waals surface area contributed by atoms with Crippen LogP contribution >= 0.6 is 12.4 Å². The first kappa shape index (κ1) is 14.7. The van der Waals surface area contributed by atoms with Crippen LogP contribution in [0.5, 0.6) is 0 Å². The van der Waals surface area contributed by atoms with Crippen molar-refractivity contribution in [2.24, 2.45) is 0 Å². The van der Waals surface area contributed by atoms with E-state index in [0.29, 0.717) is 5.92 Å². The van der Waals surface area contributed by atoms with Crippen molar-refractivity contribution in [2.45, 2.75) is 12.3 Å². The number of halogens is 1. The van der Waals surface area contributed by atoms with Crippen molar-refractivity contribution in [2.75, 3.05) is 20.6 Å². The normalized spacial score (nSPS) is 12.2. The predicted octanol–water partition coefficient (Wildman–Crippen LogP) is 2.92. The summed E-state index contributed by atoms with van der Waals surface area (Å²) in [6, 6.07) is 10.6. The van der Waals surface area contributed by atoms with Crippen molar-refractivity contribution in [3.8, 4) is 0 Å². The van der Waals surface area contributed by atoms with Crippen LogP contribution < -0.4 is 0 Å². The zero-order chi connectivity index (χ0) is 12.1. The summed E-state index contributed by atoms with van der Waals surface area (Å²) in [7, 11) is 4.20. The Kier molecular flexibility index (Phi) is 5.89. The quantitative estimate of drug-likeness (QED) is 0.902. The molecule has 0 fully saturated rings. The average Bonchev–Trinajstić information content (AvgIpc) is 2.84. The molecule has 2 rings (SSSR count). The highest BCUT2D eigenvalue weighted by Crippen LogP contribution is 2.25. The highest BCUT2D eigenvalue weighted by molar-refractivity contribution is 5.85. The minimum absolute atomic E-state index is 0. The zero-order valence-corrected chi connectivity index (χ0v) is 11.7. The van der Waals surface area contributed by atoms with E-state index >= 15 is 0 Å².